The minimum absolute atomic E-state index is 0.0100. The number of para-hydroxylation sites is 2. The molecule has 2 aliphatic heterocycles. The molecule has 0 radical (unpaired) electrons. The fourth-order valence-electron chi connectivity index (χ4n) is 17.0. The van der Waals surface area contributed by atoms with Crippen molar-refractivity contribution < 1.29 is 0 Å². The summed E-state index contributed by atoms with van der Waals surface area (Å²) in [6, 6.07) is 83.3. The molecule has 2 heterocycles. The molecule has 2 aliphatic carbocycles. The number of hydrogen-bond donors (Lipinski definition) is 0. The van der Waals surface area contributed by atoms with Gasteiger partial charge in [-0.05, 0) is 237 Å². The van der Waals surface area contributed by atoms with E-state index in [1.54, 1.807) is 0 Å². The molecule has 0 spiro atoms. The second kappa shape index (κ2) is 19.6. The molecular formula is C82H76N2. The predicted octanol–water partition coefficient (Wildman–Crippen LogP) is 22.7. The zero-order valence-electron chi connectivity index (χ0n) is 50.3. The third kappa shape index (κ3) is 7.61. The van der Waals surface area contributed by atoms with Gasteiger partial charge in [0.15, 0.2) is 0 Å². The molecule has 0 N–H and O–H groups in total. The molecule has 414 valence electrons. The highest BCUT2D eigenvalue weighted by molar-refractivity contribution is 6.22. The van der Waals surface area contributed by atoms with E-state index in [0.29, 0.717) is 0 Å². The Balaban J connectivity index is 0.989. The van der Waals surface area contributed by atoms with E-state index in [-0.39, 0.29) is 21.9 Å². The summed E-state index contributed by atoms with van der Waals surface area (Å²) in [6.45, 7) is 19.8. The van der Waals surface area contributed by atoms with Crippen molar-refractivity contribution in [2.24, 2.45) is 0 Å². The first-order valence-corrected chi connectivity index (χ1v) is 31.2. The Hall–Kier alpha value is -8.46. The molecule has 4 atom stereocenters. The summed E-state index contributed by atoms with van der Waals surface area (Å²) in [5.41, 5.74) is 28.9. The maximum atomic E-state index is 2.75. The first kappa shape index (κ1) is 52.4. The number of fused-ring (bicyclic) bond motifs is 8. The number of anilines is 4. The van der Waals surface area contributed by atoms with Crippen molar-refractivity contribution in [3.05, 3.63) is 252 Å². The number of hydrogen-bond acceptors (Lipinski definition) is 2. The van der Waals surface area contributed by atoms with Gasteiger partial charge in [0.25, 0.3) is 0 Å². The molecule has 4 unspecified atom stereocenters. The molecular weight excluding hydrogens is 1010 g/mol. The van der Waals surface area contributed by atoms with Gasteiger partial charge in [0.05, 0.1) is 11.1 Å². The van der Waals surface area contributed by atoms with Crippen LogP contribution in [0.3, 0.4) is 0 Å². The summed E-state index contributed by atoms with van der Waals surface area (Å²) in [7, 11) is 0. The zero-order valence-corrected chi connectivity index (χ0v) is 50.3. The summed E-state index contributed by atoms with van der Waals surface area (Å²) in [5.74, 6) is 0. The normalized spacial score (nSPS) is 21.6. The van der Waals surface area contributed by atoms with E-state index in [0.717, 1.165) is 0 Å². The zero-order chi connectivity index (χ0) is 57.3. The molecule has 11 aromatic carbocycles. The van der Waals surface area contributed by atoms with Crippen LogP contribution >= 0.6 is 0 Å². The van der Waals surface area contributed by atoms with Crippen molar-refractivity contribution in [2.45, 2.75) is 129 Å². The van der Waals surface area contributed by atoms with Crippen LogP contribution < -0.4 is 9.80 Å². The molecule has 15 rings (SSSR count). The van der Waals surface area contributed by atoms with Crippen molar-refractivity contribution in [2.75, 3.05) is 9.80 Å². The van der Waals surface area contributed by atoms with Gasteiger partial charge in [-0.1, -0.05) is 209 Å². The number of nitrogens with zero attached hydrogens (tertiary/aromatic N) is 2. The molecule has 0 bridgehead atoms. The molecule has 2 fully saturated rings. The Morgan fingerprint density at radius 3 is 0.964 bits per heavy atom. The highest BCUT2D eigenvalue weighted by Crippen LogP contribution is 2.65. The highest BCUT2D eigenvalue weighted by Gasteiger charge is 2.60. The van der Waals surface area contributed by atoms with Gasteiger partial charge >= 0.3 is 0 Å². The second-order valence-corrected chi connectivity index (χ2v) is 26.3. The van der Waals surface area contributed by atoms with Gasteiger partial charge < -0.3 is 9.80 Å². The van der Waals surface area contributed by atoms with E-state index in [4.69, 9.17) is 0 Å². The van der Waals surface area contributed by atoms with Crippen molar-refractivity contribution in [1.29, 1.82) is 0 Å². The SMILES string of the molecule is Cc1c(-c2ccc3c(-c4ccc(-c5ccccc5)cc4)c4cc(-c5cc6c(c(C)c5C)N(c5ccccc5)C5(C)CCCCC65C)ccc4c(-c4ccc(-c5ccccc5)cc4)c3c2)cc2c(c1C)N(c1ccccc1)C1(C)CCCCC21C. The first-order chi connectivity index (χ1) is 40.8. The molecule has 0 saturated heterocycles. The predicted molar refractivity (Wildman–Crippen MR) is 359 cm³/mol. The molecule has 84 heavy (non-hydrogen) atoms. The monoisotopic (exact) mass is 1090 g/mol. The lowest BCUT2D eigenvalue weighted by molar-refractivity contribution is 0.195. The second-order valence-electron chi connectivity index (χ2n) is 26.3. The fourth-order valence-corrected chi connectivity index (χ4v) is 17.0. The van der Waals surface area contributed by atoms with Crippen LogP contribution in [-0.2, 0) is 10.8 Å². The van der Waals surface area contributed by atoms with Gasteiger partial charge in [0, 0.05) is 33.6 Å². The summed E-state index contributed by atoms with van der Waals surface area (Å²) in [4.78, 5) is 5.50. The van der Waals surface area contributed by atoms with Gasteiger partial charge in [-0.2, -0.15) is 0 Å². The summed E-state index contributed by atoms with van der Waals surface area (Å²) >= 11 is 0. The molecule has 0 aromatic heterocycles. The Labute approximate surface area is 498 Å². The summed E-state index contributed by atoms with van der Waals surface area (Å²) < 4.78 is 0. The fraction of sp³-hybridized carbons (Fsp3) is 0.244. The molecule has 4 aliphatic rings. The Kier molecular flexibility index (Phi) is 12.2. The van der Waals surface area contributed by atoms with Crippen molar-refractivity contribution >= 4 is 44.3 Å². The van der Waals surface area contributed by atoms with Crippen LogP contribution in [0.4, 0.5) is 22.7 Å². The summed E-state index contributed by atoms with van der Waals surface area (Å²) in [5, 5.41) is 5.08. The number of rotatable bonds is 8. The van der Waals surface area contributed by atoms with Gasteiger partial charge in [-0.25, -0.2) is 0 Å². The van der Waals surface area contributed by atoms with Crippen LogP contribution in [0.25, 0.3) is 88.3 Å². The van der Waals surface area contributed by atoms with Gasteiger partial charge in [0.1, 0.15) is 0 Å². The van der Waals surface area contributed by atoms with Crippen molar-refractivity contribution in [1.82, 2.24) is 0 Å². The first-order valence-electron chi connectivity index (χ1n) is 31.2. The lowest BCUT2D eigenvalue weighted by Gasteiger charge is -2.50. The Morgan fingerprint density at radius 2 is 0.595 bits per heavy atom. The molecule has 0 amide bonds. The summed E-state index contributed by atoms with van der Waals surface area (Å²) in [6.07, 6.45) is 9.70. The average molecular weight is 1090 g/mol. The van der Waals surface area contributed by atoms with Crippen LogP contribution in [0, 0.1) is 27.7 Å². The molecule has 2 nitrogen and oxygen atoms in total. The van der Waals surface area contributed by atoms with Crippen molar-refractivity contribution in [3.8, 4) is 66.8 Å². The van der Waals surface area contributed by atoms with E-state index in [2.05, 4.69) is 284 Å². The molecule has 11 aromatic rings. The van der Waals surface area contributed by atoms with Gasteiger partial charge in [0.2, 0.25) is 0 Å². The van der Waals surface area contributed by atoms with Gasteiger partial charge in [-0.3, -0.25) is 0 Å². The van der Waals surface area contributed by atoms with E-state index in [9.17, 15) is 0 Å². The largest absolute Gasteiger partial charge is 0.334 e. The van der Waals surface area contributed by atoms with E-state index in [1.165, 1.54) is 196 Å². The van der Waals surface area contributed by atoms with E-state index >= 15 is 0 Å². The van der Waals surface area contributed by atoms with E-state index < -0.39 is 0 Å². The molecule has 2 heteroatoms. The Morgan fingerprint density at radius 1 is 0.286 bits per heavy atom. The maximum absolute atomic E-state index is 2.75. The minimum atomic E-state index is -0.0378. The third-order valence-corrected chi connectivity index (χ3v) is 22.2. The van der Waals surface area contributed by atoms with Crippen molar-refractivity contribution in [3.63, 3.8) is 0 Å². The van der Waals surface area contributed by atoms with Crippen LogP contribution in [0.15, 0.2) is 218 Å². The van der Waals surface area contributed by atoms with Crippen LogP contribution in [-0.4, -0.2) is 11.1 Å². The lowest BCUT2D eigenvalue weighted by Crippen LogP contribution is -2.54. The maximum Gasteiger partial charge on any atom is 0.0518 e. The van der Waals surface area contributed by atoms with E-state index in [1.807, 2.05) is 0 Å². The lowest BCUT2D eigenvalue weighted by atomic mass is 9.61. The minimum Gasteiger partial charge on any atom is -0.334 e. The highest BCUT2D eigenvalue weighted by atomic mass is 15.3. The van der Waals surface area contributed by atoms with Crippen LogP contribution in [0.5, 0.6) is 0 Å². The Bertz CT molecular complexity index is 4110. The van der Waals surface area contributed by atoms with Crippen LogP contribution in [0.1, 0.15) is 112 Å². The van der Waals surface area contributed by atoms with Gasteiger partial charge in [-0.15, -0.1) is 0 Å². The smallest absolute Gasteiger partial charge is 0.0518 e. The number of benzene rings is 11. The van der Waals surface area contributed by atoms with Crippen LogP contribution in [0.2, 0.25) is 0 Å². The average Bonchev–Trinajstić information content (AvgIpc) is 1.67. The molecule has 2 saturated carbocycles. The standard InChI is InChI=1S/C82H76N2/c1-53-55(3)77-73(79(5)45-21-23-47-81(79,7)83(77)65-29-17-11-18-30-65)51-69(53)63-41-43-67-71(49-63)75(61-37-33-59(34-38-61)57-25-13-9-14-26-57)68-44-42-64(50-72(68)76(67)62-39-35-60(36-40-62)58-27-15-10-16-28-58)70-52-74-78(56(4)54(70)2)84(66-31-19-12-20-32-66)82(8)48-24-22-46-80(74,82)6/h9-20,25-44,49-52H,21-24,45-48H2,1-8H3. The third-order valence-electron chi connectivity index (χ3n) is 22.2. The topological polar surface area (TPSA) is 6.48 Å². The quantitative estimate of drug-likeness (QED) is 0.140.